The van der Waals surface area contributed by atoms with Crippen molar-refractivity contribution in [1.29, 1.82) is 0 Å². The van der Waals surface area contributed by atoms with E-state index in [4.69, 9.17) is 11.6 Å². The Labute approximate surface area is 124 Å². The van der Waals surface area contributed by atoms with E-state index >= 15 is 0 Å². The van der Waals surface area contributed by atoms with Crippen LogP contribution in [0.15, 0.2) is 24.3 Å². The van der Waals surface area contributed by atoms with Gasteiger partial charge >= 0.3 is 0 Å². The van der Waals surface area contributed by atoms with Gasteiger partial charge in [-0.05, 0) is 37.0 Å². The van der Waals surface area contributed by atoms with Crippen LogP contribution in [0.1, 0.15) is 18.4 Å². The Bertz CT molecular complexity index is 555. The molecule has 1 aliphatic rings. The van der Waals surface area contributed by atoms with E-state index in [-0.39, 0.29) is 23.3 Å². The van der Waals surface area contributed by atoms with Crippen molar-refractivity contribution < 1.29 is 13.2 Å². The van der Waals surface area contributed by atoms with Gasteiger partial charge in [0.05, 0.1) is 11.5 Å². The highest BCUT2D eigenvalue weighted by atomic mass is 35.5. The second-order valence-electron chi connectivity index (χ2n) is 5.09. The second-order valence-corrected chi connectivity index (χ2v) is 7.83. The predicted octanol–water partition coefficient (Wildman–Crippen LogP) is 1.82. The number of nitrogens with one attached hydrogen (secondary N) is 1. The fourth-order valence-electron chi connectivity index (χ4n) is 2.28. The summed E-state index contributed by atoms with van der Waals surface area (Å²) in [6, 6.07) is 7.51. The third kappa shape index (κ3) is 4.49. The monoisotopic (exact) mass is 315 g/mol. The molecule has 1 heterocycles. The first kappa shape index (κ1) is 15.3. The maximum Gasteiger partial charge on any atom is 0.223 e. The smallest absolute Gasteiger partial charge is 0.223 e. The van der Waals surface area contributed by atoms with Gasteiger partial charge in [0, 0.05) is 17.5 Å². The Kier molecular flexibility index (Phi) is 5.05. The maximum atomic E-state index is 11.9. The molecular weight excluding hydrogens is 298 g/mol. The van der Waals surface area contributed by atoms with Gasteiger partial charge in [-0.2, -0.15) is 0 Å². The van der Waals surface area contributed by atoms with Crippen LogP contribution in [0, 0.1) is 5.92 Å². The number of carbonyl (C=O) groups excluding carboxylic acids is 1. The largest absolute Gasteiger partial charge is 0.356 e. The molecule has 0 radical (unpaired) electrons. The molecule has 1 fully saturated rings. The van der Waals surface area contributed by atoms with Gasteiger partial charge in [0.1, 0.15) is 9.84 Å². The van der Waals surface area contributed by atoms with Crippen LogP contribution in [0.4, 0.5) is 0 Å². The highest BCUT2D eigenvalue weighted by molar-refractivity contribution is 7.91. The van der Waals surface area contributed by atoms with E-state index in [1.807, 2.05) is 24.3 Å². The SMILES string of the molecule is O=C(NCCc1ccc(Cl)cc1)C1CCS(=O)(=O)CC1. The van der Waals surface area contributed by atoms with Gasteiger partial charge in [0.2, 0.25) is 5.91 Å². The lowest BCUT2D eigenvalue weighted by molar-refractivity contribution is -0.125. The average molecular weight is 316 g/mol. The second kappa shape index (κ2) is 6.59. The Balaban J connectivity index is 1.74. The Morgan fingerprint density at radius 1 is 1.20 bits per heavy atom. The van der Waals surface area contributed by atoms with Gasteiger partial charge in [-0.3, -0.25) is 4.79 Å². The summed E-state index contributed by atoms with van der Waals surface area (Å²) < 4.78 is 22.6. The van der Waals surface area contributed by atoms with E-state index in [0.717, 1.165) is 12.0 Å². The Hall–Kier alpha value is -1.07. The molecule has 0 aliphatic carbocycles. The summed E-state index contributed by atoms with van der Waals surface area (Å²) in [5, 5.41) is 3.57. The molecule has 20 heavy (non-hydrogen) atoms. The summed E-state index contributed by atoms with van der Waals surface area (Å²) >= 11 is 5.80. The van der Waals surface area contributed by atoms with E-state index in [1.54, 1.807) is 0 Å². The highest BCUT2D eigenvalue weighted by Gasteiger charge is 2.28. The van der Waals surface area contributed by atoms with Gasteiger partial charge in [-0.25, -0.2) is 8.42 Å². The molecule has 2 rings (SSSR count). The number of benzene rings is 1. The van der Waals surface area contributed by atoms with E-state index in [0.29, 0.717) is 24.4 Å². The lowest BCUT2D eigenvalue weighted by Gasteiger charge is -2.21. The van der Waals surface area contributed by atoms with Gasteiger partial charge < -0.3 is 5.32 Å². The first-order valence-electron chi connectivity index (χ1n) is 6.69. The summed E-state index contributed by atoms with van der Waals surface area (Å²) in [6.07, 6.45) is 1.62. The number of sulfone groups is 1. The van der Waals surface area contributed by atoms with Crippen LogP contribution in [-0.4, -0.2) is 32.4 Å². The molecular formula is C14H18ClNO3S. The topological polar surface area (TPSA) is 63.2 Å². The lowest BCUT2D eigenvalue weighted by atomic mass is 10.0. The third-order valence-electron chi connectivity index (χ3n) is 3.55. The number of halogens is 1. The van der Waals surface area contributed by atoms with Crippen molar-refractivity contribution in [2.45, 2.75) is 19.3 Å². The zero-order valence-corrected chi connectivity index (χ0v) is 12.7. The first-order chi connectivity index (χ1) is 9.46. The van der Waals surface area contributed by atoms with Crippen LogP contribution >= 0.6 is 11.6 Å². The fraction of sp³-hybridized carbons (Fsp3) is 0.500. The molecule has 1 aliphatic heterocycles. The van der Waals surface area contributed by atoms with Gasteiger partial charge in [0.15, 0.2) is 0 Å². The van der Waals surface area contributed by atoms with E-state index in [2.05, 4.69) is 5.32 Å². The van der Waals surface area contributed by atoms with Crippen molar-refractivity contribution in [3.63, 3.8) is 0 Å². The van der Waals surface area contributed by atoms with Gasteiger partial charge in [-0.1, -0.05) is 23.7 Å². The third-order valence-corrected chi connectivity index (χ3v) is 5.52. The number of rotatable bonds is 4. The van der Waals surface area contributed by atoms with Crippen molar-refractivity contribution in [2.75, 3.05) is 18.1 Å². The van der Waals surface area contributed by atoms with Crippen LogP contribution < -0.4 is 5.32 Å². The summed E-state index contributed by atoms with van der Waals surface area (Å²) in [5.41, 5.74) is 1.11. The summed E-state index contributed by atoms with van der Waals surface area (Å²) in [7, 11) is -2.91. The molecule has 0 saturated carbocycles. The van der Waals surface area contributed by atoms with Crippen molar-refractivity contribution in [3.05, 3.63) is 34.9 Å². The van der Waals surface area contributed by atoms with Crippen LogP contribution in [0.5, 0.6) is 0 Å². The molecule has 0 unspecified atom stereocenters. The lowest BCUT2D eigenvalue weighted by Crippen LogP contribution is -2.37. The first-order valence-corrected chi connectivity index (χ1v) is 8.89. The summed E-state index contributed by atoms with van der Waals surface area (Å²) in [4.78, 5) is 11.9. The minimum atomic E-state index is -2.91. The zero-order chi connectivity index (χ0) is 14.6. The standard InChI is InChI=1S/C14H18ClNO3S/c15-13-3-1-11(2-4-13)5-8-16-14(17)12-6-9-20(18,19)10-7-12/h1-4,12H,5-10H2,(H,16,17). The van der Waals surface area contributed by atoms with Crippen molar-refractivity contribution in [3.8, 4) is 0 Å². The molecule has 6 heteroatoms. The molecule has 0 spiro atoms. The highest BCUT2D eigenvalue weighted by Crippen LogP contribution is 2.18. The van der Waals surface area contributed by atoms with E-state index < -0.39 is 9.84 Å². The van der Waals surface area contributed by atoms with Crippen LogP contribution in [0.3, 0.4) is 0 Å². The molecule has 4 nitrogen and oxygen atoms in total. The van der Waals surface area contributed by atoms with Crippen molar-refractivity contribution in [2.24, 2.45) is 5.92 Å². The van der Waals surface area contributed by atoms with E-state index in [1.165, 1.54) is 0 Å². The molecule has 1 aromatic rings. The van der Waals surface area contributed by atoms with Crippen LogP contribution in [-0.2, 0) is 21.1 Å². The number of carbonyl (C=O) groups is 1. The van der Waals surface area contributed by atoms with Crippen molar-refractivity contribution in [1.82, 2.24) is 5.32 Å². The molecule has 1 N–H and O–H groups in total. The van der Waals surface area contributed by atoms with Gasteiger partial charge in [0.25, 0.3) is 0 Å². The van der Waals surface area contributed by atoms with E-state index in [9.17, 15) is 13.2 Å². The minimum Gasteiger partial charge on any atom is -0.356 e. The van der Waals surface area contributed by atoms with Crippen LogP contribution in [0.2, 0.25) is 5.02 Å². The molecule has 0 aromatic heterocycles. The number of amides is 1. The quantitative estimate of drug-likeness (QED) is 0.922. The Morgan fingerprint density at radius 3 is 2.40 bits per heavy atom. The Morgan fingerprint density at radius 2 is 1.80 bits per heavy atom. The van der Waals surface area contributed by atoms with Crippen LogP contribution in [0.25, 0.3) is 0 Å². The molecule has 0 bridgehead atoms. The summed E-state index contributed by atoms with van der Waals surface area (Å²) in [5.74, 6) is 0.0578. The predicted molar refractivity (Wildman–Crippen MR) is 79.5 cm³/mol. The molecule has 1 saturated heterocycles. The number of hydrogen-bond donors (Lipinski definition) is 1. The normalized spacial score (nSPS) is 18.6. The zero-order valence-electron chi connectivity index (χ0n) is 11.1. The van der Waals surface area contributed by atoms with Gasteiger partial charge in [-0.15, -0.1) is 0 Å². The molecule has 0 atom stereocenters. The molecule has 1 aromatic carbocycles. The number of hydrogen-bond acceptors (Lipinski definition) is 3. The summed E-state index contributed by atoms with van der Waals surface area (Å²) in [6.45, 7) is 0.559. The fourth-order valence-corrected chi connectivity index (χ4v) is 3.90. The molecule has 1 amide bonds. The van der Waals surface area contributed by atoms with Crippen molar-refractivity contribution >= 4 is 27.3 Å². The molecule has 110 valence electrons. The maximum absolute atomic E-state index is 11.9. The average Bonchev–Trinajstić information content (AvgIpc) is 2.41. The minimum absolute atomic E-state index is 0.0335.